The van der Waals surface area contributed by atoms with Crippen LogP contribution in [0.3, 0.4) is 0 Å². The van der Waals surface area contributed by atoms with E-state index in [0.717, 1.165) is 32.6 Å². The number of nitrogens with zero attached hydrogens (tertiary/aromatic N) is 3. The first-order valence-electron chi connectivity index (χ1n) is 9.44. The van der Waals surface area contributed by atoms with Gasteiger partial charge in [0.2, 0.25) is 5.91 Å². The molecule has 1 aliphatic rings. The Morgan fingerprint density at radius 2 is 1.96 bits per heavy atom. The van der Waals surface area contributed by atoms with Gasteiger partial charge in [-0.1, -0.05) is 32.4 Å². The Morgan fingerprint density at radius 3 is 2.68 bits per heavy atom. The number of carbonyl (C=O) groups excluding carboxylic acids is 1. The first-order valence-corrected chi connectivity index (χ1v) is 9.82. The zero-order valence-electron chi connectivity index (χ0n) is 16.5. The third-order valence-corrected chi connectivity index (χ3v) is 4.90. The van der Waals surface area contributed by atoms with E-state index in [0.29, 0.717) is 33.8 Å². The number of halogens is 1. The van der Waals surface area contributed by atoms with Gasteiger partial charge >= 0.3 is 0 Å². The van der Waals surface area contributed by atoms with Crippen molar-refractivity contribution in [1.82, 2.24) is 15.0 Å². The van der Waals surface area contributed by atoms with Crippen molar-refractivity contribution in [3.8, 4) is 11.3 Å². The molecule has 0 bridgehead atoms. The van der Waals surface area contributed by atoms with Crippen molar-refractivity contribution in [2.45, 2.75) is 33.6 Å². The van der Waals surface area contributed by atoms with Crippen LogP contribution in [0.25, 0.3) is 11.3 Å². The van der Waals surface area contributed by atoms with Gasteiger partial charge in [0, 0.05) is 36.9 Å². The van der Waals surface area contributed by atoms with Crippen molar-refractivity contribution in [1.29, 1.82) is 0 Å². The van der Waals surface area contributed by atoms with Gasteiger partial charge in [0.15, 0.2) is 0 Å². The summed E-state index contributed by atoms with van der Waals surface area (Å²) in [6.45, 7) is 7.99. The fraction of sp³-hybridized carbons (Fsp3) is 0.500. The lowest BCUT2D eigenvalue weighted by atomic mass is 9.96. The van der Waals surface area contributed by atoms with E-state index in [2.05, 4.69) is 25.6 Å². The molecule has 2 aromatic rings. The standard InChI is InChI=1S/C20H26ClN5O2/c1-20(2,3)19(27)26-17-8-14(15(21)10-24-17)16-11-22-12-18(25-16)23-9-13-4-6-28-7-5-13/h8,10-13H,4-7,9H2,1-3H3,(H,23,25)(H,24,26,27). The number of amides is 1. The molecule has 0 radical (unpaired) electrons. The third-order valence-electron chi connectivity index (χ3n) is 4.60. The van der Waals surface area contributed by atoms with Crippen LogP contribution in [0.2, 0.25) is 5.02 Å². The number of carbonyl (C=O) groups is 1. The second kappa shape index (κ2) is 8.84. The molecule has 0 saturated carbocycles. The molecule has 0 unspecified atom stereocenters. The van der Waals surface area contributed by atoms with Crippen molar-refractivity contribution in [2.24, 2.45) is 11.3 Å². The first-order chi connectivity index (χ1) is 13.3. The normalized spacial score (nSPS) is 15.3. The van der Waals surface area contributed by atoms with Crippen molar-refractivity contribution >= 4 is 29.1 Å². The van der Waals surface area contributed by atoms with E-state index >= 15 is 0 Å². The van der Waals surface area contributed by atoms with Crippen LogP contribution < -0.4 is 10.6 Å². The maximum Gasteiger partial charge on any atom is 0.230 e. The Morgan fingerprint density at radius 1 is 1.21 bits per heavy atom. The van der Waals surface area contributed by atoms with Crippen LogP contribution in [0.1, 0.15) is 33.6 Å². The van der Waals surface area contributed by atoms with Crippen LogP contribution in [0.4, 0.5) is 11.6 Å². The van der Waals surface area contributed by atoms with E-state index in [9.17, 15) is 4.79 Å². The summed E-state index contributed by atoms with van der Waals surface area (Å²) in [7, 11) is 0. The van der Waals surface area contributed by atoms with Crippen LogP contribution in [-0.4, -0.2) is 40.6 Å². The summed E-state index contributed by atoms with van der Waals surface area (Å²) >= 11 is 6.33. The van der Waals surface area contributed by atoms with Gasteiger partial charge in [0.25, 0.3) is 0 Å². The summed E-state index contributed by atoms with van der Waals surface area (Å²) in [6.07, 6.45) is 6.95. The minimum atomic E-state index is -0.519. The van der Waals surface area contributed by atoms with Gasteiger partial charge in [0.05, 0.1) is 23.1 Å². The van der Waals surface area contributed by atoms with Crippen molar-refractivity contribution in [3.63, 3.8) is 0 Å². The summed E-state index contributed by atoms with van der Waals surface area (Å²) in [6, 6.07) is 1.72. The Bertz CT molecular complexity index is 832. The first kappa shape index (κ1) is 20.5. The minimum Gasteiger partial charge on any atom is -0.381 e. The minimum absolute atomic E-state index is 0.119. The molecular formula is C20H26ClN5O2. The van der Waals surface area contributed by atoms with Crippen molar-refractivity contribution in [2.75, 3.05) is 30.4 Å². The molecule has 150 valence electrons. The fourth-order valence-electron chi connectivity index (χ4n) is 2.79. The smallest absolute Gasteiger partial charge is 0.230 e. The van der Waals surface area contributed by atoms with Gasteiger partial charge in [-0.2, -0.15) is 0 Å². The van der Waals surface area contributed by atoms with Crippen molar-refractivity contribution in [3.05, 3.63) is 29.7 Å². The zero-order valence-corrected chi connectivity index (χ0v) is 17.2. The second-order valence-electron chi connectivity index (χ2n) is 7.98. The zero-order chi connectivity index (χ0) is 20.1. The highest BCUT2D eigenvalue weighted by atomic mass is 35.5. The monoisotopic (exact) mass is 403 g/mol. The van der Waals surface area contributed by atoms with Gasteiger partial charge in [-0.3, -0.25) is 9.78 Å². The fourth-order valence-corrected chi connectivity index (χ4v) is 2.99. The van der Waals surface area contributed by atoms with E-state index in [4.69, 9.17) is 16.3 Å². The molecule has 0 aromatic carbocycles. The number of nitrogens with one attached hydrogen (secondary N) is 2. The van der Waals surface area contributed by atoms with Gasteiger partial charge in [-0.25, -0.2) is 9.97 Å². The highest BCUT2D eigenvalue weighted by Gasteiger charge is 2.22. The molecule has 1 saturated heterocycles. The molecule has 0 atom stereocenters. The highest BCUT2D eigenvalue weighted by Crippen LogP contribution is 2.29. The van der Waals surface area contributed by atoms with Gasteiger partial charge in [-0.05, 0) is 24.8 Å². The molecule has 8 heteroatoms. The van der Waals surface area contributed by atoms with E-state index < -0.39 is 5.41 Å². The molecule has 3 heterocycles. The Balaban J connectivity index is 1.75. The molecule has 1 fully saturated rings. The van der Waals surface area contributed by atoms with E-state index in [-0.39, 0.29) is 5.91 Å². The van der Waals surface area contributed by atoms with Gasteiger partial charge < -0.3 is 15.4 Å². The Hall–Kier alpha value is -2.25. The summed E-state index contributed by atoms with van der Waals surface area (Å²) < 4.78 is 5.40. The number of rotatable bonds is 5. The second-order valence-corrected chi connectivity index (χ2v) is 8.39. The van der Waals surface area contributed by atoms with Crippen LogP contribution in [0, 0.1) is 11.3 Å². The molecule has 2 N–H and O–H groups in total. The average Bonchev–Trinajstić information content (AvgIpc) is 2.68. The maximum atomic E-state index is 12.2. The molecule has 1 amide bonds. The number of anilines is 2. The maximum absolute atomic E-state index is 12.2. The predicted molar refractivity (Wildman–Crippen MR) is 110 cm³/mol. The Labute approximate surface area is 170 Å². The van der Waals surface area contributed by atoms with Gasteiger partial charge in [-0.15, -0.1) is 0 Å². The summed E-state index contributed by atoms with van der Waals surface area (Å²) in [5, 5.41) is 6.62. The average molecular weight is 404 g/mol. The van der Waals surface area contributed by atoms with Crippen LogP contribution >= 0.6 is 11.6 Å². The Kier molecular flexibility index (Phi) is 6.46. The van der Waals surface area contributed by atoms with Crippen LogP contribution in [0.5, 0.6) is 0 Å². The number of hydrogen-bond donors (Lipinski definition) is 2. The molecule has 28 heavy (non-hydrogen) atoms. The number of pyridine rings is 1. The summed E-state index contributed by atoms with van der Waals surface area (Å²) in [5.74, 6) is 1.58. The number of hydrogen-bond acceptors (Lipinski definition) is 6. The lowest BCUT2D eigenvalue weighted by molar-refractivity contribution is -0.123. The lowest BCUT2D eigenvalue weighted by Crippen LogP contribution is -2.28. The van der Waals surface area contributed by atoms with E-state index in [1.54, 1.807) is 18.5 Å². The molecule has 3 rings (SSSR count). The predicted octanol–water partition coefficient (Wildman–Crippen LogP) is 4.02. The van der Waals surface area contributed by atoms with E-state index in [1.165, 1.54) is 6.20 Å². The molecule has 7 nitrogen and oxygen atoms in total. The lowest BCUT2D eigenvalue weighted by Gasteiger charge is -2.22. The molecular weight excluding hydrogens is 378 g/mol. The molecule has 1 aliphatic heterocycles. The molecule has 0 aliphatic carbocycles. The van der Waals surface area contributed by atoms with E-state index in [1.807, 2.05) is 20.8 Å². The quantitative estimate of drug-likeness (QED) is 0.783. The summed E-state index contributed by atoms with van der Waals surface area (Å²) in [4.78, 5) is 25.3. The number of ether oxygens (including phenoxy) is 1. The topological polar surface area (TPSA) is 89.0 Å². The SMILES string of the molecule is CC(C)(C)C(=O)Nc1cc(-c2cncc(NCC3CCOCC3)n2)c(Cl)cn1. The van der Waals surface area contributed by atoms with Crippen LogP contribution in [-0.2, 0) is 9.53 Å². The molecule has 0 spiro atoms. The van der Waals surface area contributed by atoms with Crippen molar-refractivity contribution < 1.29 is 9.53 Å². The molecule has 2 aromatic heterocycles. The number of aromatic nitrogens is 3. The van der Waals surface area contributed by atoms with Gasteiger partial charge in [0.1, 0.15) is 11.6 Å². The summed E-state index contributed by atoms with van der Waals surface area (Å²) in [5.41, 5.74) is 0.772. The largest absolute Gasteiger partial charge is 0.381 e. The highest BCUT2D eigenvalue weighted by molar-refractivity contribution is 6.33. The van der Waals surface area contributed by atoms with Crippen LogP contribution in [0.15, 0.2) is 24.7 Å². The third kappa shape index (κ3) is 5.39.